The molecule has 0 heterocycles. The van der Waals surface area contributed by atoms with Crippen LogP contribution in [0.1, 0.15) is 5.56 Å². The summed E-state index contributed by atoms with van der Waals surface area (Å²) in [5.74, 6) is -0.459. The lowest BCUT2D eigenvalue weighted by Gasteiger charge is -2.05. The molecule has 0 fully saturated rings. The van der Waals surface area contributed by atoms with Crippen LogP contribution in [-0.4, -0.2) is 4.92 Å². The number of rotatable bonds is 2. The average molecular weight is 231 g/mol. The Hall–Kier alpha value is -2.23. The molecule has 0 N–H and O–H groups in total. The van der Waals surface area contributed by atoms with Crippen molar-refractivity contribution < 1.29 is 9.31 Å². The van der Waals surface area contributed by atoms with E-state index in [1.54, 1.807) is 31.2 Å². The second-order valence-corrected chi connectivity index (χ2v) is 3.76. The van der Waals surface area contributed by atoms with Crippen molar-refractivity contribution >= 4 is 5.69 Å². The van der Waals surface area contributed by atoms with E-state index in [4.69, 9.17) is 0 Å². The predicted octanol–water partition coefficient (Wildman–Crippen LogP) is 3.71. The monoisotopic (exact) mass is 231 g/mol. The molecule has 2 rings (SSSR count). The largest absolute Gasteiger partial charge is 0.277 e. The molecule has 0 bridgehead atoms. The highest BCUT2D eigenvalue weighted by Gasteiger charge is 2.17. The van der Waals surface area contributed by atoms with Crippen molar-refractivity contribution in [3.05, 3.63) is 64.0 Å². The number of aryl methyl sites for hydroxylation is 1. The van der Waals surface area contributed by atoms with Gasteiger partial charge in [-0.05, 0) is 24.6 Å². The van der Waals surface area contributed by atoms with Crippen LogP contribution >= 0.6 is 0 Å². The van der Waals surface area contributed by atoms with Crippen LogP contribution in [0.5, 0.6) is 0 Å². The maximum Gasteiger partial charge on any atom is 0.277 e. The summed E-state index contributed by atoms with van der Waals surface area (Å²) in [6.45, 7) is 1.76. The van der Waals surface area contributed by atoms with Crippen molar-refractivity contribution in [2.75, 3.05) is 0 Å². The molecule has 0 aliphatic carbocycles. The van der Waals surface area contributed by atoms with E-state index < -0.39 is 10.7 Å². The third-order valence-corrected chi connectivity index (χ3v) is 2.51. The van der Waals surface area contributed by atoms with Gasteiger partial charge in [-0.2, -0.15) is 0 Å². The highest BCUT2D eigenvalue weighted by atomic mass is 19.1. The molecule has 0 unspecified atom stereocenters. The molecule has 0 saturated carbocycles. The number of nitrogens with zero attached hydrogens (tertiary/aromatic N) is 1. The van der Waals surface area contributed by atoms with E-state index in [1.807, 2.05) is 0 Å². The Balaban J connectivity index is 2.68. The Kier molecular flexibility index (Phi) is 2.87. The Bertz CT molecular complexity index is 581. The van der Waals surface area contributed by atoms with Crippen LogP contribution in [0, 0.1) is 22.9 Å². The highest BCUT2D eigenvalue weighted by molar-refractivity contribution is 5.74. The standard InChI is InChI=1S/C13H10FNO2/c1-9-6-7-11(13(8-9)15(16)17)10-4-2-3-5-12(10)14/h2-8H,1H3. The van der Waals surface area contributed by atoms with Crippen molar-refractivity contribution in [1.29, 1.82) is 0 Å². The van der Waals surface area contributed by atoms with Gasteiger partial charge in [-0.3, -0.25) is 10.1 Å². The van der Waals surface area contributed by atoms with Crippen LogP contribution in [0.3, 0.4) is 0 Å². The molecule has 0 aliphatic heterocycles. The van der Waals surface area contributed by atoms with Gasteiger partial charge in [0.05, 0.1) is 10.5 Å². The first-order valence-electron chi connectivity index (χ1n) is 5.09. The van der Waals surface area contributed by atoms with E-state index in [0.29, 0.717) is 5.56 Å². The van der Waals surface area contributed by atoms with Gasteiger partial charge < -0.3 is 0 Å². The molecule has 0 atom stereocenters. The first kappa shape index (κ1) is 11.3. The van der Waals surface area contributed by atoms with Crippen molar-refractivity contribution in [3.8, 4) is 11.1 Å². The minimum Gasteiger partial charge on any atom is -0.258 e. The summed E-state index contributed by atoms with van der Waals surface area (Å²) in [7, 11) is 0. The molecule has 0 aromatic heterocycles. The molecule has 0 spiro atoms. The number of nitro groups is 1. The molecular formula is C13H10FNO2. The minimum atomic E-state index is -0.491. The van der Waals surface area contributed by atoms with Crippen molar-refractivity contribution in [2.24, 2.45) is 0 Å². The molecule has 2 aromatic rings. The molecule has 17 heavy (non-hydrogen) atoms. The lowest BCUT2D eigenvalue weighted by Crippen LogP contribution is -1.94. The van der Waals surface area contributed by atoms with Gasteiger partial charge in [0.15, 0.2) is 0 Å². The van der Waals surface area contributed by atoms with Gasteiger partial charge in [-0.15, -0.1) is 0 Å². The topological polar surface area (TPSA) is 43.1 Å². The van der Waals surface area contributed by atoms with E-state index in [1.165, 1.54) is 18.2 Å². The number of halogens is 1. The van der Waals surface area contributed by atoms with Gasteiger partial charge in [0, 0.05) is 11.6 Å². The fourth-order valence-corrected chi connectivity index (χ4v) is 1.70. The molecule has 0 aliphatic rings. The van der Waals surface area contributed by atoms with E-state index in [2.05, 4.69) is 0 Å². The van der Waals surface area contributed by atoms with Gasteiger partial charge in [-0.25, -0.2) is 4.39 Å². The van der Waals surface area contributed by atoms with E-state index in [-0.39, 0.29) is 11.3 Å². The normalized spacial score (nSPS) is 10.2. The van der Waals surface area contributed by atoms with Crippen molar-refractivity contribution in [3.63, 3.8) is 0 Å². The molecule has 0 radical (unpaired) electrons. The van der Waals surface area contributed by atoms with Gasteiger partial charge in [-0.1, -0.05) is 24.3 Å². The van der Waals surface area contributed by atoms with Crippen molar-refractivity contribution in [1.82, 2.24) is 0 Å². The smallest absolute Gasteiger partial charge is 0.258 e. The number of benzene rings is 2. The van der Waals surface area contributed by atoms with Crippen LogP contribution in [0.15, 0.2) is 42.5 Å². The first-order valence-corrected chi connectivity index (χ1v) is 5.09. The minimum absolute atomic E-state index is 0.0740. The zero-order valence-electron chi connectivity index (χ0n) is 9.18. The zero-order valence-corrected chi connectivity index (χ0v) is 9.18. The predicted molar refractivity (Wildman–Crippen MR) is 63.2 cm³/mol. The zero-order chi connectivity index (χ0) is 12.4. The lowest BCUT2D eigenvalue weighted by atomic mass is 10.0. The van der Waals surface area contributed by atoms with Gasteiger partial charge in [0.25, 0.3) is 5.69 Å². The summed E-state index contributed by atoms with van der Waals surface area (Å²) in [4.78, 5) is 10.5. The fourth-order valence-electron chi connectivity index (χ4n) is 1.70. The van der Waals surface area contributed by atoms with Crippen molar-refractivity contribution in [2.45, 2.75) is 6.92 Å². The SMILES string of the molecule is Cc1ccc(-c2ccccc2F)c([N+](=O)[O-])c1. The molecule has 3 nitrogen and oxygen atoms in total. The Morgan fingerprint density at radius 3 is 2.47 bits per heavy atom. The van der Waals surface area contributed by atoms with Gasteiger partial charge >= 0.3 is 0 Å². The van der Waals surface area contributed by atoms with Crippen LogP contribution < -0.4 is 0 Å². The molecule has 0 amide bonds. The number of hydrogen-bond acceptors (Lipinski definition) is 2. The van der Waals surface area contributed by atoms with Crippen LogP contribution in [-0.2, 0) is 0 Å². The summed E-state index contributed by atoms with van der Waals surface area (Å²) in [5, 5.41) is 10.9. The van der Waals surface area contributed by atoms with E-state index in [0.717, 1.165) is 5.56 Å². The molecule has 2 aromatic carbocycles. The molecule has 4 heteroatoms. The summed E-state index contributed by atoms with van der Waals surface area (Å²) in [6, 6.07) is 10.8. The maximum absolute atomic E-state index is 13.6. The number of nitro benzene ring substituents is 1. The summed E-state index contributed by atoms with van der Waals surface area (Å²) in [5.41, 5.74) is 1.25. The summed E-state index contributed by atoms with van der Waals surface area (Å²) < 4.78 is 13.6. The average Bonchev–Trinajstić information content (AvgIpc) is 2.30. The third kappa shape index (κ3) is 2.15. The number of hydrogen-bond donors (Lipinski definition) is 0. The van der Waals surface area contributed by atoms with E-state index in [9.17, 15) is 14.5 Å². The maximum atomic E-state index is 13.6. The van der Waals surface area contributed by atoms with E-state index >= 15 is 0 Å². The van der Waals surface area contributed by atoms with Crippen LogP contribution in [0.25, 0.3) is 11.1 Å². The van der Waals surface area contributed by atoms with Crippen LogP contribution in [0.2, 0.25) is 0 Å². The molecular weight excluding hydrogens is 221 g/mol. The second-order valence-electron chi connectivity index (χ2n) is 3.76. The fraction of sp³-hybridized carbons (Fsp3) is 0.0769. The summed E-state index contributed by atoms with van der Waals surface area (Å²) >= 11 is 0. The third-order valence-electron chi connectivity index (χ3n) is 2.51. The quantitative estimate of drug-likeness (QED) is 0.584. The highest BCUT2D eigenvalue weighted by Crippen LogP contribution is 2.32. The summed E-state index contributed by atoms with van der Waals surface area (Å²) in [6.07, 6.45) is 0. The second kappa shape index (κ2) is 4.33. The van der Waals surface area contributed by atoms with Crippen LogP contribution in [0.4, 0.5) is 10.1 Å². The Morgan fingerprint density at radius 2 is 1.82 bits per heavy atom. The van der Waals surface area contributed by atoms with Gasteiger partial charge in [0.1, 0.15) is 5.82 Å². The molecule has 0 saturated heterocycles. The Labute approximate surface area is 97.7 Å². The van der Waals surface area contributed by atoms with Gasteiger partial charge in [0.2, 0.25) is 0 Å². The molecule has 86 valence electrons. The first-order chi connectivity index (χ1) is 8.09. The Morgan fingerprint density at radius 1 is 1.12 bits per heavy atom. The lowest BCUT2D eigenvalue weighted by molar-refractivity contribution is -0.384.